The summed E-state index contributed by atoms with van der Waals surface area (Å²) in [6, 6.07) is 17.3. The molecule has 0 bridgehead atoms. The molecule has 0 unspecified atom stereocenters. The number of nitrogens with one attached hydrogen (secondary N) is 1. The molecule has 0 aliphatic rings. The second-order valence-corrected chi connectivity index (χ2v) is 8.56. The topological polar surface area (TPSA) is 61.3 Å². The van der Waals surface area contributed by atoms with Crippen LogP contribution in [-0.2, 0) is 13.2 Å². The predicted octanol–water partition coefficient (Wildman–Crippen LogP) is 6.06. The van der Waals surface area contributed by atoms with Crippen molar-refractivity contribution in [2.75, 3.05) is 20.8 Å². The number of nitrogens with zero attached hydrogens (tertiary/aromatic N) is 1. The minimum atomic E-state index is 0.424. The average Bonchev–Trinajstić information content (AvgIpc) is 2.82. The summed E-state index contributed by atoms with van der Waals surface area (Å²) < 4.78 is 23.4. The van der Waals surface area contributed by atoms with Gasteiger partial charge in [-0.2, -0.15) is 5.10 Å². The zero-order valence-electron chi connectivity index (χ0n) is 18.7. The van der Waals surface area contributed by atoms with Crippen molar-refractivity contribution in [3.63, 3.8) is 0 Å². The third-order valence-electron chi connectivity index (χ3n) is 4.66. The summed E-state index contributed by atoms with van der Waals surface area (Å²) in [7, 11) is 3.24. The van der Waals surface area contributed by atoms with E-state index in [0.717, 1.165) is 20.3 Å². The number of methoxy groups -OCH3 is 2. The molecule has 8 heteroatoms. The van der Waals surface area contributed by atoms with Crippen LogP contribution in [0.5, 0.6) is 23.0 Å². The van der Waals surface area contributed by atoms with E-state index in [1.807, 2.05) is 61.5 Å². The number of hydrogen-bond donors (Lipinski definition) is 1. The van der Waals surface area contributed by atoms with Crippen LogP contribution in [-0.4, -0.2) is 27.0 Å². The summed E-state index contributed by atoms with van der Waals surface area (Å²) in [6.07, 6.45) is 1.76. The van der Waals surface area contributed by atoms with E-state index < -0.39 is 0 Å². The molecule has 0 aliphatic heterocycles. The highest BCUT2D eigenvalue weighted by Crippen LogP contribution is 2.34. The molecule has 3 aromatic rings. The first-order valence-electron chi connectivity index (χ1n) is 10.3. The Morgan fingerprint density at radius 1 is 0.909 bits per heavy atom. The zero-order chi connectivity index (χ0) is 23.6. The Hall–Kier alpha value is -2.65. The molecule has 0 saturated heterocycles. The van der Waals surface area contributed by atoms with E-state index in [1.54, 1.807) is 20.4 Å². The lowest BCUT2D eigenvalue weighted by Gasteiger charge is -2.15. The molecule has 0 spiro atoms. The quantitative estimate of drug-likeness (QED) is 0.170. The van der Waals surface area contributed by atoms with Crippen molar-refractivity contribution < 1.29 is 18.9 Å². The molecule has 0 amide bonds. The van der Waals surface area contributed by atoms with Crippen molar-refractivity contribution >= 4 is 40.4 Å². The first kappa shape index (κ1) is 25.0. The Bertz CT molecular complexity index is 1090. The second-order valence-electron chi connectivity index (χ2n) is 6.96. The highest BCUT2D eigenvalue weighted by Gasteiger charge is 2.12. The molecule has 0 fully saturated rings. The number of benzene rings is 3. The van der Waals surface area contributed by atoms with Gasteiger partial charge in [0.25, 0.3) is 0 Å². The molecule has 0 radical (unpaired) electrons. The van der Waals surface area contributed by atoms with Crippen LogP contribution >= 0.6 is 34.2 Å². The van der Waals surface area contributed by atoms with Crippen molar-refractivity contribution in [2.24, 2.45) is 5.10 Å². The van der Waals surface area contributed by atoms with Gasteiger partial charge in [0.1, 0.15) is 6.61 Å². The Labute approximate surface area is 213 Å². The van der Waals surface area contributed by atoms with Gasteiger partial charge in [-0.3, -0.25) is 0 Å². The summed E-state index contributed by atoms with van der Waals surface area (Å²) in [4.78, 5) is 0. The average molecular weight is 581 g/mol. The van der Waals surface area contributed by atoms with Gasteiger partial charge in [-0.05, 0) is 82.6 Å². The highest BCUT2D eigenvalue weighted by atomic mass is 127. The Kier molecular flexibility index (Phi) is 9.50. The summed E-state index contributed by atoms with van der Waals surface area (Å²) in [5, 5.41) is 5.05. The lowest BCUT2D eigenvalue weighted by molar-refractivity contribution is 0.267. The molecule has 3 rings (SSSR count). The highest BCUT2D eigenvalue weighted by molar-refractivity contribution is 14.1. The second kappa shape index (κ2) is 12.6. The van der Waals surface area contributed by atoms with E-state index in [4.69, 9.17) is 30.5 Å². The normalized spacial score (nSPS) is 10.8. The van der Waals surface area contributed by atoms with Gasteiger partial charge in [-0.15, -0.1) is 0 Å². The minimum Gasteiger partial charge on any atom is -0.493 e. The summed E-state index contributed by atoms with van der Waals surface area (Å²) in [5.74, 6) is 2.77. The Morgan fingerprint density at radius 3 is 2.33 bits per heavy atom. The van der Waals surface area contributed by atoms with Gasteiger partial charge in [0.15, 0.2) is 23.0 Å². The summed E-state index contributed by atoms with van der Waals surface area (Å²) in [6.45, 7) is 3.45. The first-order chi connectivity index (χ1) is 16.0. The molecule has 3 aromatic carbocycles. The van der Waals surface area contributed by atoms with Crippen LogP contribution in [0.1, 0.15) is 23.6 Å². The fourth-order valence-corrected chi connectivity index (χ4v) is 3.96. The molecule has 0 aliphatic carbocycles. The summed E-state index contributed by atoms with van der Waals surface area (Å²) >= 11 is 8.21. The molecular formula is C25H26ClIN2O4. The van der Waals surface area contributed by atoms with Gasteiger partial charge in [-0.1, -0.05) is 29.8 Å². The van der Waals surface area contributed by atoms with Gasteiger partial charge in [0, 0.05) is 5.02 Å². The molecule has 6 nitrogen and oxygen atoms in total. The van der Waals surface area contributed by atoms with Crippen LogP contribution in [0.3, 0.4) is 0 Å². The van der Waals surface area contributed by atoms with Crippen LogP contribution in [0.2, 0.25) is 5.02 Å². The van der Waals surface area contributed by atoms with Crippen LogP contribution in [0.25, 0.3) is 0 Å². The number of rotatable bonds is 11. The van der Waals surface area contributed by atoms with Gasteiger partial charge >= 0.3 is 0 Å². The van der Waals surface area contributed by atoms with E-state index in [9.17, 15) is 0 Å². The van der Waals surface area contributed by atoms with Crippen molar-refractivity contribution in [2.45, 2.75) is 20.1 Å². The molecule has 0 atom stereocenters. The number of hydrogen-bond acceptors (Lipinski definition) is 6. The maximum absolute atomic E-state index is 6.07. The maximum atomic E-state index is 6.07. The molecular weight excluding hydrogens is 555 g/mol. The monoisotopic (exact) mass is 580 g/mol. The predicted molar refractivity (Wildman–Crippen MR) is 140 cm³/mol. The fourth-order valence-electron chi connectivity index (χ4n) is 3.05. The zero-order valence-corrected chi connectivity index (χ0v) is 21.6. The van der Waals surface area contributed by atoms with E-state index in [-0.39, 0.29) is 0 Å². The Morgan fingerprint density at radius 2 is 1.64 bits per heavy atom. The molecule has 174 valence electrons. The molecule has 0 heterocycles. The molecule has 1 N–H and O–H groups in total. The van der Waals surface area contributed by atoms with E-state index in [1.165, 1.54) is 0 Å². The van der Waals surface area contributed by atoms with Gasteiger partial charge in [0.05, 0.1) is 37.2 Å². The molecule has 0 aromatic heterocycles. The van der Waals surface area contributed by atoms with Crippen LogP contribution in [0, 0.1) is 3.57 Å². The van der Waals surface area contributed by atoms with Crippen molar-refractivity contribution in [1.82, 2.24) is 5.43 Å². The van der Waals surface area contributed by atoms with Crippen LogP contribution < -0.4 is 24.4 Å². The number of hydrazone groups is 1. The Balaban J connectivity index is 1.66. The molecule has 0 saturated carbocycles. The van der Waals surface area contributed by atoms with Gasteiger partial charge < -0.3 is 24.4 Å². The lowest BCUT2D eigenvalue weighted by Crippen LogP contribution is -2.06. The van der Waals surface area contributed by atoms with Gasteiger partial charge in [0.2, 0.25) is 0 Å². The van der Waals surface area contributed by atoms with Crippen molar-refractivity contribution in [3.05, 3.63) is 79.9 Å². The smallest absolute Gasteiger partial charge is 0.175 e. The summed E-state index contributed by atoms with van der Waals surface area (Å²) in [5.41, 5.74) is 6.03. The van der Waals surface area contributed by atoms with E-state index in [2.05, 4.69) is 33.1 Å². The third-order valence-corrected chi connectivity index (χ3v) is 5.72. The SMILES string of the molecule is CCOc1cc(/C=N\NCc2ccc(OC)c(OC)c2)cc(I)c1OCc1ccc(Cl)cc1. The standard InChI is InChI=1S/C25H26ClIN2O4/c1-4-32-24-13-19(11-21(27)25(24)33-16-17-5-8-20(26)9-6-17)15-29-28-14-18-7-10-22(30-2)23(12-18)31-3/h5-13,15,28H,4,14,16H2,1-3H3/b29-15-. The fraction of sp³-hybridized carbons (Fsp3) is 0.240. The van der Waals surface area contributed by atoms with E-state index >= 15 is 0 Å². The van der Waals surface area contributed by atoms with E-state index in [0.29, 0.717) is 47.8 Å². The first-order valence-corrected chi connectivity index (χ1v) is 11.8. The molecule has 33 heavy (non-hydrogen) atoms. The van der Waals surface area contributed by atoms with Crippen molar-refractivity contribution in [3.8, 4) is 23.0 Å². The minimum absolute atomic E-state index is 0.424. The van der Waals surface area contributed by atoms with Crippen molar-refractivity contribution in [1.29, 1.82) is 0 Å². The maximum Gasteiger partial charge on any atom is 0.175 e. The number of ether oxygens (including phenoxy) is 4. The largest absolute Gasteiger partial charge is 0.493 e. The lowest BCUT2D eigenvalue weighted by atomic mass is 10.2. The third kappa shape index (κ3) is 7.17. The van der Waals surface area contributed by atoms with Crippen LogP contribution in [0.15, 0.2) is 59.7 Å². The number of halogens is 2. The van der Waals surface area contributed by atoms with Gasteiger partial charge in [-0.25, -0.2) is 0 Å². The van der Waals surface area contributed by atoms with Crippen LogP contribution in [0.4, 0.5) is 0 Å².